The van der Waals surface area contributed by atoms with Crippen molar-refractivity contribution >= 4 is 5.78 Å². The lowest BCUT2D eigenvalue weighted by molar-refractivity contribution is -0.119. The summed E-state index contributed by atoms with van der Waals surface area (Å²) in [7, 11) is 0. The van der Waals surface area contributed by atoms with E-state index in [1.54, 1.807) is 0 Å². The van der Waals surface area contributed by atoms with Gasteiger partial charge in [-0.25, -0.2) is 0 Å². The second-order valence-electron chi connectivity index (χ2n) is 6.98. The van der Waals surface area contributed by atoms with Gasteiger partial charge in [-0.2, -0.15) is 0 Å². The van der Waals surface area contributed by atoms with Crippen molar-refractivity contribution in [1.29, 1.82) is 0 Å². The van der Waals surface area contributed by atoms with Crippen LogP contribution in [0, 0.1) is 0 Å². The van der Waals surface area contributed by atoms with Gasteiger partial charge in [-0.3, -0.25) is 4.79 Å². The molecule has 0 heterocycles. The van der Waals surface area contributed by atoms with Gasteiger partial charge in [-0.05, 0) is 38.5 Å². The van der Waals surface area contributed by atoms with E-state index >= 15 is 0 Å². The Hall–Kier alpha value is -0.590. The van der Waals surface area contributed by atoms with Gasteiger partial charge < -0.3 is 0 Å². The summed E-state index contributed by atoms with van der Waals surface area (Å²) in [4.78, 5) is 11.5. The number of allylic oxidation sites excluding steroid dienone is 2. The molecule has 0 aromatic heterocycles. The number of carbonyl (C=O) groups excluding carboxylic acids is 1. The van der Waals surface area contributed by atoms with Crippen LogP contribution in [0.4, 0.5) is 0 Å². The first-order valence-corrected chi connectivity index (χ1v) is 10.5. The van der Waals surface area contributed by atoms with Crippen molar-refractivity contribution in [2.45, 2.75) is 123 Å². The largest absolute Gasteiger partial charge is 0.300 e. The third-order valence-electron chi connectivity index (χ3n) is 4.53. The van der Waals surface area contributed by atoms with Crippen LogP contribution >= 0.6 is 0 Å². The summed E-state index contributed by atoms with van der Waals surface area (Å²) in [6.07, 6.45) is 25.7. The maximum atomic E-state index is 11.5. The van der Waals surface area contributed by atoms with Gasteiger partial charge in [0, 0.05) is 12.8 Å². The van der Waals surface area contributed by atoms with E-state index < -0.39 is 0 Å². The SMILES string of the molecule is CCCCCCCC/C=C\CCCCCCCC(=O)CCCC. The number of rotatable bonds is 18. The third kappa shape index (κ3) is 19.4. The molecular weight excluding hydrogens is 280 g/mol. The number of ketones is 1. The average Bonchev–Trinajstić information content (AvgIpc) is 2.56. The molecule has 0 saturated heterocycles. The minimum atomic E-state index is 0.476. The molecular formula is C22H42O. The van der Waals surface area contributed by atoms with Crippen molar-refractivity contribution in [2.24, 2.45) is 0 Å². The summed E-state index contributed by atoms with van der Waals surface area (Å²) in [5.74, 6) is 0.476. The zero-order chi connectivity index (χ0) is 17.0. The molecule has 0 radical (unpaired) electrons. The summed E-state index contributed by atoms with van der Waals surface area (Å²) in [6, 6.07) is 0. The molecule has 0 amide bonds. The Morgan fingerprint density at radius 1 is 0.565 bits per heavy atom. The predicted molar refractivity (Wildman–Crippen MR) is 104 cm³/mol. The van der Waals surface area contributed by atoms with Crippen molar-refractivity contribution in [1.82, 2.24) is 0 Å². The zero-order valence-electron chi connectivity index (χ0n) is 16.1. The lowest BCUT2D eigenvalue weighted by Crippen LogP contribution is -1.96. The number of hydrogen-bond acceptors (Lipinski definition) is 1. The van der Waals surface area contributed by atoms with E-state index in [4.69, 9.17) is 0 Å². The van der Waals surface area contributed by atoms with Gasteiger partial charge in [-0.1, -0.05) is 83.8 Å². The van der Waals surface area contributed by atoms with Crippen LogP contribution in [-0.2, 0) is 4.79 Å². The summed E-state index contributed by atoms with van der Waals surface area (Å²) in [5, 5.41) is 0. The van der Waals surface area contributed by atoms with E-state index in [0.29, 0.717) is 5.78 Å². The smallest absolute Gasteiger partial charge is 0.132 e. The first kappa shape index (κ1) is 22.4. The van der Waals surface area contributed by atoms with Gasteiger partial charge in [-0.15, -0.1) is 0 Å². The molecule has 0 aliphatic carbocycles. The van der Waals surface area contributed by atoms with E-state index in [9.17, 15) is 4.79 Å². The van der Waals surface area contributed by atoms with Gasteiger partial charge in [0.1, 0.15) is 5.78 Å². The molecule has 0 bridgehead atoms. The Bertz CT molecular complexity index is 267. The highest BCUT2D eigenvalue weighted by molar-refractivity contribution is 5.78. The first-order valence-electron chi connectivity index (χ1n) is 10.5. The lowest BCUT2D eigenvalue weighted by atomic mass is 10.0. The summed E-state index contributed by atoms with van der Waals surface area (Å²) in [5.41, 5.74) is 0. The predicted octanol–water partition coefficient (Wildman–Crippen LogP) is 7.78. The monoisotopic (exact) mass is 322 g/mol. The third-order valence-corrected chi connectivity index (χ3v) is 4.53. The van der Waals surface area contributed by atoms with Crippen molar-refractivity contribution in [3.8, 4) is 0 Å². The first-order chi connectivity index (χ1) is 11.3. The fourth-order valence-corrected chi connectivity index (χ4v) is 2.89. The van der Waals surface area contributed by atoms with Crippen molar-refractivity contribution in [3.63, 3.8) is 0 Å². The number of unbranched alkanes of at least 4 members (excludes halogenated alkanes) is 12. The fourth-order valence-electron chi connectivity index (χ4n) is 2.89. The van der Waals surface area contributed by atoms with Crippen LogP contribution in [0.3, 0.4) is 0 Å². The van der Waals surface area contributed by atoms with Crippen molar-refractivity contribution in [2.75, 3.05) is 0 Å². The van der Waals surface area contributed by atoms with Gasteiger partial charge >= 0.3 is 0 Å². The maximum absolute atomic E-state index is 11.5. The summed E-state index contributed by atoms with van der Waals surface area (Å²) >= 11 is 0. The molecule has 0 N–H and O–H groups in total. The molecule has 23 heavy (non-hydrogen) atoms. The molecule has 0 spiro atoms. The Labute approximate surface area is 146 Å². The van der Waals surface area contributed by atoms with E-state index in [0.717, 1.165) is 32.1 Å². The van der Waals surface area contributed by atoms with Gasteiger partial charge in [0.15, 0.2) is 0 Å². The lowest BCUT2D eigenvalue weighted by Gasteiger charge is -2.01. The second-order valence-corrected chi connectivity index (χ2v) is 6.98. The molecule has 0 rings (SSSR count). The number of Topliss-reactive ketones (excluding diaryl/α,β-unsaturated/α-hetero) is 1. The van der Waals surface area contributed by atoms with Crippen LogP contribution in [0.5, 0.6) is 0 Å². The van der Waals surface area contributed by atoms with E-state index in [1.807, 2.05) is 0 Å². The molecule has 0 unspecified atom stereocenters. The quantitative estimate of drug-likeness (QED) is 0.186. The van der Waals surface area contributed by atoms with Gasteiger partial charge in [0.25, 0.3) is 0 Å². The zero-order valence-corrected chi connectivity index (χ0v) is 16.1. The minimum Gasteiger partial charge on any atom is -0.300 e. The summed E-state index contributed by atoms with van der Waals surface area (Å²) < 4.78 is 0. The van der Waals surface area contributed by atoms with Crippen LogP contribution < -0.4 is 0 Å². The standard InChI is InChI=1S/C22H42O/c1-3-5-7-8-9-10-11-12-13-14-15-16-17-18-19-21-22(23)20-6-4-2/h12-13H,3-11,14-21H2,1-2H3/b13-12-. The summed E-state index contributed by atoms with van der Waals surface area (Å²) in [6.45, 7) is 4.42. The van der Waals surface area contributed by atoms with Gasteiger partial charge in [0.2, 0.25) is 0 Å². The van der Waals surface area contributed by atoms with Crippen molar-refractivity contribution in [3.05, 3.63) is 12.2 Å². The molecule has 0 fully saturated rings. The van der Waals surface area contributed by atoms with Gasteiger partial charge in [0.05, 0.1) is 0 Å². The van der Waals surface area contributed by atoms with Crippen LogP contribution in [0.1, 0.15) is 123 Å². The number of carbonyl (C=O) groups is 1. The molecule has 0 aromatic rings. The maximum Gasteiger partial charge on any atom is 0.132 e. The molecule has 1 heteroatoms. The van der Waals surface area contributed by atoms with E-state index in [2.05, 4.69) is 26.0 Å². The average molecular weight is 323 g/mol. The Balaban J connectivity index is 3.14. The van der Waals surface area contributed by atoms with Crippen LogP contribution in [0.25, 0.3) is 0 Å². The van der Waals surface area contributed by atoms with Crippen LogP contribution in [0.2, 0.25) is 0 Å². The molecule has 0 aromatic carbocycles. The van der Waals surface area contributed by atoms with Crippen molar-refractivity contribution < 1.29 is 4.79 Å². The molecule has 0 aliphatic heterocycles. The topological polar surface area (TPSA) is 17.1 Å². The Morgan fingerprint density at radius 3 is 1.57 bits per heavy atom. The van der Waals surface area contributed by atoms with E-state index in [1.165, 1.54) is 77.0 Å². The highest BCUT2D eigenvalue weighted by Gasteiger charge is 2.00. The second kappa shape index (κ2) is 19.5. The highest BCUT2D eigenvalue weighted by Crippen LogP contribution is 2.11. The Kier molecular flexibility index (Phi) is 19.0. The van der Waals surface area contributed by atoms with Crippen LogP contribution in [-0.4, -0.2) is 5.78 Å². The molecule has 0 saturated carbocycles. The normalized spacial score (nSPS) is 11.4. The molecule has 1 nitrogen and oxygen atoms in total. The Morgan fingerprint density at radius 2 is 1.00 bits per heavy atom. The fraction of sp³-hybridized carbons (Fsp3) is 0.864. The number of hydrogen-bond donors (Lipinski definition) is 0. The minimum absolute atomic E-state index is 0.476. The van der Waals surface area contributed by atoms with E-state index in [-0.39, 0.29) is 0 Å². The van der Waals surface area contributed by atoms with Crippen LogP contribution in [0.15, 0.2) is 12.2 Å². The molecule has 0 aliphatic rings. The highest BCUT2D eigenvalue weighted by atomic mass is 16.1. The molecule has 0 atom stereocenters. The molecule has 136 valence electrons.